The lowest BCUT2D eigenvalue weighted by atomic mass is 10.0. The standard InChI is InChI=1S/C15H28N2O5/c1-10(2)12(13(19)21-8)17(7)11(18)9-16(6)14(20)22-15(3,4)5/h10,12H,9H2,1-8H3/t12-/m0/s1. The highest BCUT2D eigenvalue weighted by molar-refractivity contribution is 5.87. The molecule has 0 aromatic rings. The van der Waals surface area contributed by atoms with E-state index in [4.69, 9.17) is 9.47 Å². The van der Waals surface area contributed by atoms with E-state index in [1.165, 1.54) is 31.0 Å². The second kappa shape index (κ2) is 8.00. The van der Waals surface area contributed by atoms with E-state index in [-0.39, 0.29) is 18.4 Å². The van der Waals surface area contributed by atoms with Gasteiger partial charge >= 0.3 is 12.1 Å². The van der Waals surface area contributed by atoms with Crippen molar-refractivity contribution in [1.29, 1.82) is 0 Å². The Morgan fingerprint density at radius 1 is 1.09 bits per heavy atom. The van der Waals surface area contributed by atoms with Crippen LogP contribution in [0.3, 0.4) is 0 Å². The number of amides is 2. The maximum Gasteiger partial charge on any atom is 0.410 e. The van der Waals surface area contributed by atoms with E-state index in [0.717, 1.165) is 0 Å². The van der Waals surface area contributed by atoms with Crippen molar-refractivity contribution in [2.45, 2.75) is 46.3 Å². The monoisotopic (exact) mass is 316 g/mol. The number of likely N-dealkylation sites (N-methyl/N-ethyl adjacent to an activating group) is 2. The Balaban J connectivity index is 4.82. The highest BCUT2D eigenvalue weighted by Crippen LogP contribution is 2.13. The summed E-state index contributed by atoms with van der Waals surface area (Å²) in [7, 11) is 4.28. The molecule has 22 heavy (non-hydrogen) atoms. The molecule has 0 rings (SSSR count). The molecule has 2 amide bonds. The van der Waals surface area contributed by atoms with Gasteiger partial charge in [0.2, 0.25) is 5.91 Å². The van der Waals surface area contributed by atoms with E-state index in [2.05, 4.69) is 0 Å². The zero-order valence-electron chi connectivity index (χ0n) is 14.8. The number of nitrogens with zero attached hydrogens (tertiary/aromatic N) is 2. The third-order valence-corrected chi connectivity index (χ3v) is 2.96. The summed E-state index contributed by atoms with van der Waals surface area (Å²) in [6.07, 6.45) is -0.589. The fourth-order valence-electron chi connectivity index (χ4n) is 1.87. The molecule has 0 heterocycles. The van der Waals surface area contributed by atoms with Gasteiger partial charge in [0.15, 0.2) is 0 Å². The van der Waals surface area contributed by atoms with E-state index >= 15 is 0 Å². The molecule has 0 saturated carbocycles. The quantitative estimate of drug-likeness (QED) is 0.719. The summed E-state index contributed by atoms with van der Waals surface area (Å²) in [5, 5.41) is 0. The Bertz CT molecular complexity index is 415. The summed E-state index contributed by atoms with van der Waals surface area (Å²) >= 11 is 0. The van der Waals surface area contributed by atoms with Gasteiger partial charge in [0, 0.05) is 14.1 Å². The van der Waals surface area contributed by atoms with Crippen molar-refractivity contribution >= 4 is 18.0 Å². The summed E-state index contributed by atoms with van der Waals surface area (Å²) in [4.78, 5) is 38.4. The number of carbonyl (C=O) groups is 3. The highest BCUT2D eigenvalue weighted by Gasteiger charge is 2.32. The average molecular weight is 316 g/mol. The molecule has 0 saturated heterocycles. The van der Waals surface area contributed by atoms with Gasteiger partial charge in [0.1, 0.15) is 18.2 Å². The Hall–Kier alpha value is -1.79. The van der Waals surface area contributed by atoms with E-state index in [0.29, 0.717) is 0 Å². The first kappa shape index (κ1) is 20.2. The van der Waals surface area contributed by atoms with Crippen LogP contribution in [-0.2, 0) is 19.1 Å². The topological polar surface area (TPSA) is 76.2 Å². The summed E-state index contributed by atoms with van der Waals surface area (Å²) in [6, 6.07) is -0.690. The van der Waals surface area contributed by atoms with Crippen LogP contribution >= 0.6 is 0 Å². The highest BCUT2D eigenvalue weighted by atomic mass is 16.6. The molecule has 1 atom stereocenters. The van der Waals surface area contributed by atoms with E-state index in [9.17, 15) is 14.4 Å². The largest absolute Gasteiger partial charge is 0.467 e. The van der Waals surface area contributed by atoms with E-state index < -0.39 is 23.7 Å². The van der Waals surface area contributed by atoms with Crippen LogP contribution in [0.1, 0.15) is 34.6 Å². The number of carbonyl (C=O) groups excluding carboxylic acids is 3. The number of esters is 1. The van der Waals surface area contributed by atoms with Crippen LogP contribution in [0.4, 0.5) is 4.79 Å². The van der Waals surface area contributed by atoms with Gasteiger partial charge < -0.3 is 19.3 Å². The molecule has 0 fully saturated rings. The lowest BCUT2D eigenvalue weighted by molar-refractivity contribution is -0.153. The molecule has 0 aliphatic rings. The van der Waals surface area contributed by atoms with Crippen molar-refractivity contribution in [2.75, 3.05) is 27.7 Å². The molecule has 0 aliphatic heterocycles. The lowest BCUT2D eigenvalue weighted by Gasteiger charge is -2.31. The fourth-order valence-corrected chi connectivity index (χ4v) is 1.87. The third kappa shape index (κ3) is 6.32. The van der Waals surface area contributed by atoms with Gasteiger partial charge in [-0.25, -0.2) is 9.59 Å². The van der Waals surface area contributed by atoms with E-state index in [1.807, 2.05) is 13.8 Å². The van der Waals surface area contributed by atoms with E-state index in [1.54, 1.807) is 20.8 Å². The van der Waals surface area contributed by atoms with Crippen LogP contribution in [-0.4, -0.2) is 67.2 Å². The number of hydrogen-bond donors (Lipinski definition) is 0. The zero-order chi connectivity index (χ0) is 17.7. The maximum atomic E-state index is 12.3. The molecule has 0 aromatic heterocycles. The molecule has 0 unspecified atom stereocenters. The van der Waals surface area contributed by atoms with Crippen LogP contribution in [0.5, 0.6) is 0 Å². The Morgan fingerprint density at radius 3 is 1.95 bits per heavy atom. The minimum absolute atomic E-state index is 0.103. The smallest absolute Gasteiger partial charge is 0.410 e. The van der Waals surface area contributed by atoms with Crippen molar-refractivity contribution < 1.29 is 23.9 Å². The molecular formula is C15H28N2O5. The minimum Gasteiger partial charge on any atom is -0.467 e. The van der Waals surface area contributed by atoms with Crippen LogP contribution in [0.15, 0.2) is 0 Å². The Kier molecular flexibility index (Phi) is 7.35. The predicted molar refractivity (Wildman–Crippen MR) is 82.3 cm³/mol. The van der Waals surface area contributed by atoms with Crippen LogP contribution in [0.2, 0.25) is 0 Å². The Morgan fingerprint density at radius 2 is 1.59 bits per heavy atom. The van der Waals surface area contributed by atoms with Crippen molar-refractivity contribution in [2.24, 2.45) is 5.92 Å². The van der Waals surface area contributed by atoms with Crippen LogP contribution < -0.4 is 0 Å². The second-order valence-corrected chi connectivity index (χ2v) is 6.55. The van der Waals surface area contributed by atoms with Gasteiger partial charge in [-0.05, 0) is 26.7 Å². The molecule has 0 N–H and O–H groups in total. The van der Waals surface area contributed by atoms with Crippen LogP contribution in [0.25, 0.3) is 0 Å². The molecule has 0 aromatic carbocycles. The van der Waals surface area contributed by atoms with Gasteiger partial charge in [0.25, 0.3) is 0 Å². The molecular weight excluding hydrogens is 288 g/mol. The van der Waals surface area contributed by atoms with Crippen LogP contribution in [0, 0.1) is 5.92 Å². The first-order chi connectivity index (χ1) is 9.90. The molecule has 0 bridgehead atoms. The molecule has 0 radical (unpaired) electrons. The first-order valence-corrected chi connectivity index (χ1v) is 7.18. The summed E-state index contributed by atoms with van der Waals surface area (Å²) in [5.74, 6) is -0.948. The second-order valence-electron chi connectivity index (χ2n) is 6.55. The average Bonchev–Trinajstić information content (AvgIpc) is 2.35. The first-order valence-electron chi connectivity index (χ1n) is 7.18. The molecule has 7 heteroatoms. The van der Waals surface area contributed by atoms with Crippen molar-refractivity contribution in [3.63, 3.8) is 0 Å². The molecule has 0 aliphatic carbocycles. The van der Waals surface area contributed by atoms with Gasteiger partial charge in [0.05, 0.1) is 7.11 Å². The normalized spacial score (nSPS) is 12.6. The minimum atomic E-state index is -0.690. The van der Waals surface area contributed by atoms with Gasteiger partial charge in [-0.2, -0.15) is 0 Å². The molecule has 128 valence electrons. The SMILES string of the molecule is COC(=O)[C@H](C(C)C)N(C)C(=O)CN(C)C(=O)OC(C)(C)C. The fraction of sp³-hybridized carbons (Fsp3) is 0.800. The van der Waals surface area contributed by atoms with Crippen molar-refractivity contribution in [3.8, 4) is 0 Å². The zero-order valence-corrected chi connectivity index (χ0v) is 14.8. The van der Waals surface area contributed by atoms with Crippen molar-refractivity contribution in [1.82, 2.24) is 9.80 Å². The lowest BCUT2D eigenvalue weighted by Crippen LogP contribution is -2.50. The third-order valence-electron chi connectivity index (χ3n) is 2.96. The van der Waals surface area contributed by atoms with Gasteiger partial charge in [-0.15, -0.1) is 0 Å². The molecule has 7 nitrogen and oxygen atoms in total. The van der Waals surface area contributed by atoms with Gasteiger partial charge in [-0.1, -0.05) is 13.8 Å². The summed E-state index contributed by atoms with van der Waals surface area (Å²) < 4.78 is 9.91. The maximum absolute atomic E-state index is 12.3. The molecule has 0 spiro atoms. The predicted octanol–water partition coefficient (Wildman–Crippen LogP) is 1.51. The number of rotatable bonds is 5. The summed E-state index contributed by atoms with van der Waals surface area (Å²) in [6.45, 7) is 8.72. The number of ether oxygens (including phenoxy) is 2. The Labute approximate surface area is 132 Å². The number of hydrogen-bond acceptors (Lipinski definition) is 5. The number of methoxy groups -OCH3 is 1. The van der Waals surface area contributed by atoms with Crippen molar-refractivity contribution in [3.05, 3.63) is 0 Å². The van der Waals surface area contributed by atoms with Gasteiger partial charge in [-0.3, -0.25) is 4.79 Å². The summed E-state index contributed by atoms with van der Waals surface area (Å²) in [5.41, 5.74) is -0.632.